The molecule has 2 saturated heterocycles. The number of benzene rings is 1. The highest BCUT2D eigenvalue weighted by Crippen LogP contribution is 2.21. The van der Waals surface area contributed by atoms with E-state index >= 15 is 0 Å². The minimum Gasteiger partial charge on any atom is -0.372 e. The largest absolute Gasteiger partial charge is 0.372 e. The number of nitrogens with one attached hydrogen (secondary N) is 1. The highest BCUT2D eigenvalue weighted by atomic mass is 32.2. The van der Waals surface area contributed by atoms with Crippen LogP contribution >= 0.6 is 11.8 Å². The van der Waals surface area contributed by atoms with Crippen molar-refractivity contribution in [2.24, 2.45) is 4.99 Å². The zero-order valence-electron chi connectivity index (χ0n) is 18.1. The molecule has 3 unspecified atom stereocenters. The number of thioether (sulfide) groups is 1. The molecule has 0 spiro atoms. The lowest BCUT2D eigenvalue weighted by atomic mass is 10.1. The Hall–Kier alpha value is -1.73. The number of morpholine rings is 1. The number of hydrogen-bond donors (Lipinski definition) is 1. The number of guanidine groups is 1. The maximum absolute atomic E-state index is 12.8. The average Bonchev–Trinajstić information content (AvgIpc) is 2.73. The Labute approximate surface area is 179 Å². The quantitative estimate of drug-likeness (QED) is 0.602. The fourth-order valence-electron chi connectivity index (χ4n) is 3.96. The summed E-state index contributed by atoms with van der Waals surface area (Å²) in [5, 5.41) is 4.16. The average molecular weight is 419 g/mol. The molecule has 0 aromatic heterocycles. The van der Waals surface area contributed by atoms with Crippen LogP contribution in [0.4, 0.5) is 0 Å². The second-order valence-electron chi connectivity index (χ2n) is 7.91. The van der Waals surface area contributed by atoms with E-state index in [1.807, 2.05) is 50.1 Å². The summed E-state index contributed by atoms with van der Waals surface area (Å²) in [6.07, 6.45) is 1.35. The Kier molecular flexibility index (Phi) is 7.84. The second-order valence-corrected chi connectivity index (χ2v) is 9.32. The zero-order chi connectivity index (χ0) is 20.8. The molecule has 2 aliphatic rings. The summed E-state index contributed by atoms with van der Waals surface area (Å²) in [5.74, 6) is 2.19. The van der Waals surface area contributed by atoms with E-state index in [0.29, 0.717) is 24.9 Å². The summed E-state index contributed by atoms with van der Waals surface area (Å²) in [6.45, 7) is 10.4. The molecule has 0 bridgehead atoms. The Morgan fingerprint density at radius 3 is 2.48 bits per heavy atom. The van der Waals surface area contributed by atoms with Crippen molar-refractivity contribution in [3.63, 3.8) is 0 Å². The van der Waals surface area contributed by atoms with Crippen molar-refractivity contribution >= 4 is 23.6 Å². The van der Waals surface area contributed by atoms with Gasteiger partial charge < -0.3 is 19.9 Å². The van der Waals surface area contributed by atoms with Gasteiger partial charge in [0.15, 0.2) is 5.96 Å². The summed E-state index contributed by atoms with van der Waals surface area (Å²) in [5.41, 5.74) is 1.88. The molecule has 1 N–H and O–H groups in total. The van der Waals surface area contributed by atoms with Crippen LogP contribution in [0.15, 0.2) is 29.3 Å². The maximum Gasteiger partial charge on any atom is 0.254 e. The maximum atomic E-state index is 12.8. The highest BCUT2D eigenvalue weighted by Gasteiger charge is 2.26. The van der Waals surface area contributed by atoms with Crippen LogP contribution < -0.4 is 5.32 Å². The first kappa shape index (κ1) is 22.0. The molecule has 2 aliphatic heterocycles. The number of carbonyl (C=O) groups is 1. The molecule has 0 saturated carbocycles. The van der Waals surface area contributed by atoms with E-state index in [-0.39, 0.29) is 18.1 Å². The van der Waals surface area contributed by atoms with Gasteiger partial charge in [0.2, 0.25) is 0 Å². The Bertz CT molecular complexity index is 699. The third-order valence-corrected chi connectivity index (χ3v) is 6.84. The molecule has 0 radical (unpaired) electrons. The topological polar surface area (TPSA) is 57.2 Å². The summed E-state index contributed by atoms with van der Waals surface area (Å²) in [7, 11) is 1.84. The molecule has 2 fully saturated rings. The molecule has 7 heteroatoms. The molecule has 1 amide bonds. The van der Waals surface area contributed by atoms with E-state index in [4.69, 9.17) is 4.74 Å². The number of rotatable bonds is 4. The lowest BCUT2D eigenvalue weighted by molar-refractivity contribution is -0.0586. The molecular formula is C22H34N4O2S. The molecule has 160 valence electrons. The van der Waals surface area contributed by atoms with Crippen LogP contribution in [-0.4, -0.2) is 78.1 Å². The normalized spacial score (nSPS) is 25.8. The van der Waals surface area contributed by atoms with Gasteiger partial charge in [-0.1, -0.05) is 19.1 Å². The van der Waals surface area contributed by atoms with E-state index in [1.54, 1.807) is 0 Å². The van der Waals surface area contributed by atoms with E-state index in [2.05, 4.69) is 33.9 Å². The van der Waals surface area contributed by atoms with Crippen molar-refractivity contribution in [3.05, 3.63) is 35.4 Å². The minimum atomic E-state index is 0.0819. The lowest BCUT2D eigenvalue weighted by Crippen LogP contribution is -2.48. The van der Waals surface area contributed by atoms with Crippen molar-refractivity contribution in [2.45, 2.75) is 51.2 Å². The summed E-state index contributed by atoms with van der Waals surface area (Å²) >= 11 is 2.06. The van der Waals surface area contributed by atoms with Gasteiger partial charge >= 0.3 is 0 Å². The lowest BCUT2D eigenvalue weighted by Gasteiger charge is -2.35. The van der Waals surface area contributed by atoms with Crippen LogP contribution in [0.25, 0.3) is 0 Å². The van der Waals surface area contributed by atoms with Crippen LogP contribution in [-0.2, 0) is 11.3 Å². The Balaban J connectivity index is 1.55. The van der Waals surface area contributed by atoms with Crippen molar-refractivity contribution < 1.29 is 9.53 Å². The first-order chi connectivity index (χ1) is 14.0. The van der Waals surface area contributed by atoms with Crippen LogP contribution in [0, 0.1) is 0 Å². The Morgan fingerprint density at radius 1 is 1.17 bits per heavy atom. The van der Waals surface area contributed by atoms with Crippen LogP contribution in [0.1, 0.15) is 43.1 Å². The van der Waals surface area contributed by atoms with Crippen molar-refractivity contribution in [1.82, 2.24) is 15.1 Å². The van der Waals surface area contributed by atoms with Crippen LogP contribution in [0.5, 0.6) is 0 Å². The SMILES string of the molecule is CCC1CN(C(=NC)NCc2ccc(C(=O)N3CC(C)OC(C)C3)cc2)CCS1. The fraction of sp³-hybridized carbons (Fsp3) is 0.636. The predicted molar refractivity (Wildman–Crippen MR) is 121 cm³/mol. The van der Waals surface area contributed by atoms with E-state index in [1.165, 1.54) is 6.42 Å². The van der Waals surface area contributed by atoms with Gasteiger partial charge in [0.05, 0.1) is 12.2 Å². The summed E-state index contributed by atoms with van der Waals surface area (Å²) in [6, 6.07) is 7.92. The first-order valence-corrected chi connectivity index (χ1v) is 11.7. The number of carbonyl (C=O) groups excluding carboxylic acids is 1. The van der Waals surface area contributed by atoms with Gasteiger partial charge in [0.1, 0.15) is 0 Å². The molecule has 1 aromatic rings. The molecule has 3 rings (SSSR count). The summed E-state index contributed by atoms with van der Waals surface area (Å²) < 4.78 is 5.73. The number of amides is 1. The molecule has 2 heterocycles. The standard InChI is InChI=1S/C22H34N4O2S/c1-5-20-15-25(10-11-29-20)22(23-4)24-12-18-6-8-19(9-7-18)21(27)26-13-16(2)28-17(3)14-26/h6-9,16-17,20H,5,10-15H2,1-4H3,(H,23,24). The first-order valence-electron chi connectivity index (χ1n) is 10.6. The van der Waals surface area contributed by atoms with Crippen LogP contribution in [0.2, 0.25) is 0 Å². The molecular weight excluding hydrogens is 384 g/mol. The third kappa shape index (κ3) is 5.89. The highest BCUT2D eigenvalue weighted by molar-refractivity contribution is 8.00. The molecule has 29 heavy (non-hydrogen) atoms. The van der Waals surface area contributed by atoms with Crippen LogP contribution in [0.3, 0.4) is 0 Å². The number of aliphatic imine (C=N–C) groups is 1. The number of hydrogen-bond acceptors (Lipinski definition) is 4. The Morgan fingerprint density at radius 2 is 1.86 bits per heavy atom. The zero-order valence-corrected chi connectivity index (χ0v) is 18.9. The molecule has 6 nitrogen and oxygen atoms in total. The van der Waals surface area contributed by atoms with Gasteiger partial charge in [0.25, 0.3) is 5.91 Å². The van der Waals surface area contributed by atoms with Crippen molar-refractivity contribution in [1.29, 1.82) is 0 Å². The third-order valence-electron chi connectivity index (χ3n) is 5.46. The molecule has 1 aromatic carbocycles. The van der Waals surface area contributed by atoms with Gasteiger partial charge in [-0.25, -0.2) is 0 Å². The smallest absolute Gasteiger partial charge is 0.254 e. The number of nitrogens with zero attached hydrogens (tertiary/aromatic N) is 3. The van der Waals surface area contributed by atoms with Gasteiger partial charge in [-0.05, 0) is 38.0 Å². The van der Waals surface area contributed by atoms with Crippen molar-refractivity contribution in [3.8, 4) is 0 Å². The van der Waals surface area contributed by atoms with Gasteiger partial charge in [0, 0.05) is 56.3 Å². The van der Waals surface area contributed by atoms with E-state index in [9.17, 15) is 4.79 Å². The second kappa shape index (κ2) is 10.3. The van der Waals surface area contributed by atoms with Crippen molar-refractivity contribution in [2.75, 3.05) is 39.0 Å². The van der Waals surface area contributed by atoms with Gasteiger partial charge in [-0.15, -0.1) is 0 Å². The fourth-order valence-corrected chi connectivity index (χ4v) is 5.14. The van der Waals surface area contributed by atoms with Gasteiger partial charge in [-0.2, -0.15) is 11.8 Å². The van der Waals surface area contributed by atoms with E-state index < -0.39 is 0 Å². The molecule has 0 aliphatic carbocycles. The minimum absolute atomic E-state index is 0.0819. The van der Waals surface area contributed by atoms with E-state index in [0.717, 1.165) is 35.9 Å². The summed E-state index contributed by atoms with van der Waals surface area (Å²) in [4.78, 5) is 21.5. The number of ether oxygens (including phenoxy) is 1. The predicted octanol–water partition coefficient (Wildman–Crippen LogP) is 2.84. The monoisotopic (exact) mass is 418 g/mol. The van der Waals surface area contributed by atoms with Gasteiger partial charge in [-0.3, -0.25) is 9.79 Å². The molecule has 3 atom stereocenters.